The number of hydrogen-bond donors (Lipinski definition) is 1. The molecule has 0 saturated heterocycles. The molecule has 7 heteroatoms. The lowest BCUT2D eigenvalue weighted by Gasteiger charge is -2.38. The van der Waals surface area contributed by atoms with Gasteiger partial charge in [-0.15, -0.1) is 5.10 Å². The average molecular weight is 247 g/mol. The van der Waals surface area contributed by atoms with Crippen molar-refractivity contribution in [2.75, 3.05) is 18.0 Å². The molecule has 2 aromatic heterocycles. The summed E-state index contributed by atoms with van der Waals surface area (Å²) in [5.41, 5.74) is 6.30. The van der Waals surface area contributed by atoms with Gasteiger partial charge in [0, 0.05) is 12.6 Å². The van der Waals surface area contributed by atoms with E-state index in [1.165, 1.54) is 19.3 Å². The molecule has 7 nitrogen and oxygen atoms in total. The molecule has 1 saturated carbocycles. The fourth-order valence-electron chi connectivity index (χ4n) is 2.30. The Hall–Kier alpha value is -1.76. The van der Waals surface area contributed by atoms with E-state index in [-0.39, 0.29) is 0 Å². The topological polar surface area (TPSA) is 85.2 Å². The minimum atomic E-state index is 0.577. The van der Waals surface area contributed by atoms with Crippen LogP contribution in [0.5, 0.6) is 0 Å². The van der Waals surface area contributed by atoms with Crippen LogP contribution in [0, 0.1) is 0 Å². The number of nitrogens with zero attached hydrogens (tertiary/aromatic N) is 6. The van der Waals surface area contributed by atoms with Crippen LogP contribution in [0.1, 0.15) is 25.7 Å². The zero-order valence-corrected chi connectivity index (χ0v) is 10.2. The van der Waals surface area contributed by atoms with Crippen LogP contribution in [0.15, 0.2) is 12.4 Å². The van der Waals surface area contributed by atoms with Gasteiger partial charge in [-0.2, -0.15) is 4.52 Å². The molecule has 1 aliphatic carbocycles. The molecule has 0 bridgehead atoms. The molecule has 2 N–H and O–H groups in total. The minimum absolute atomic E-state index is 0.577. The maximum atomic E-state index is 5.62. The van der Waals surface area contributed by atoms with E-state index >= 15 is 0 Å². The normalized spacial score (nSPS) is 15.8. The summed E-state index contributed by atoms with van der Waals surface area (Å²) in [6.45, 7) is 1.63. The average Bonchev–Trinajstić information content (AvgIpc) is 2.80. The second kappa shape index (κ2) is 4.85. The Morgan fingerprint density at radius 2 is 2.28 bits per heavy atom. The number of aromatic nitrogens is 5. The van der Waals surface area contributed by atoms with Gasteiger partial charge in [-0.05, 0) is 42.7 Å². The lowest BCUT2D eigenvalue weighted by atomic mass is 9.91. The van der Waals surface area contributed by atoms with E-state index in [2.05, 4.69) is 25.4 Å². The van der Waals surface area contributed by atoms with Crippen LogP contribution >= 0.6 is 0 Å². The summed E-state index contributed by atoms with van der Waals surface area (Å²) in [5, 5.41) is 11.7. The number of anilines is 1. The van der Waals surface area contributed by atoms with E-state index in [0.717, 1.165) is 18.8 Å². The van der Waals surface area contributed by atoms with E-state index in [9.17, 15) is 0 Å². The number of hydrogen-bond acceptors (Lipinski definition) is 6. The number of fused-ring (bicyclic) bond motifs is 1. The van der Waals surface area contributed by atoms with Crippen molar-refractivity contribution in [1.29, 1.82) is 0 Å². The van der Waals surface area contributed by atoms with Gasteiger partial charge in [0.25, 0.3) is 0 Å². The molecular formula is C11H17N7. The number of tetrazole rings is 1. The van der Waals surface area contributed by atoms with Gasteiger partial charge in [-0.25, -0.2) is 0 Å². The summed E-state index contributed by atoms with van der Waals surface area (Å²) in [4.78, 5) is 6.56. The van der Waals surface area contributed by atoms with Crippen molar-refractivity contribution in [2.45, 2.75) is 31.7 Å². The Kier molecular flexibility index (Phi) is 3.06. The van der Waals surface area contributed by atoms with Gasteiger partial charge < -0.3 is 10.6 Å². The third-order valence-electron chi connectivity index (χ3n) is 3.50. The van der Waals surface area contributed by atoms with Crippen molar-refractivity contribution in [3.05, 3.63) is 12.4 Å². The third-order valence-corrected chi connectivity index (χ3v) is 3.50. The Balaban J connectivity index is 1.94. The fourth-order valence-corrected chi connectivity index (χ4v) is 2.30. The molecule has 2 heterocycles. The van der Waals surface area contributed by atoms with Crippen LogP contribution in [0.4, 0.5) is 5.82 Å². The molecule has 0 amide bonds. The van der Waals surface area contributed by atoms with Gasteiger partial charge in [0.15, 0.2) is 11.5 Å². The van der Waals surface area contributed by atoms with Crippen LogP contribution in [0.2, 0.25) is 0 Å². The first kappa shape index (κ1) is 11.3. The Morgan fingerprint density at radius 1 is 1.39 bits per heavy atom. The Morgan fingerprint density at radius 3 is 3.00 bits per heavy atom. The van der Waals surface area contributed by atoms with E-state index in [1.54, 1.807) is 10.7 Å². The highest BCUT2D eigenvalue weighted by molar-refractivity contribution is 5.47. The lowest BCUT2D eigenvalue weighted by Crippen LogP contribution is -2.42. The third kappa shape index (κ3) is 1.90. The van der Waals surface area contributed by atoms with Crippen molar-refractivity contribution >= 4 is 11.5 Å². The second-order valence-electron chi connectivity index (χ2n) is 4.63. The van der Waals surface area contributed by atoms with E-state index in [4.69, 9.17) is 5.73 Å². The van der Waals surface area contributed by atoms with Crippen molar-refractivity contribution in [3.8, 4) is 0 Å². The van der Waals surface area contributed by atoms with Crippen LogP contribution < -0.4 is 10.6 Å². The van der Waals surface area contributed by atoms with E-state index < -0.39 is 0 Å². The molecule has 2 aromatic rings. The quantitative estimate of drug-likeness (QED) is 0.814. The first-order valence-corrected chi connectivity index (χ1v) is 6.39. The number of nitrogens with two attached hydrogens (primary N) is 1. The summed E-state index contributed by atoms with van der Waals surface area (Å²) in [6.07, 6.45) is 8.22. The standard InChI is InChI=1S/C11H17N7/c12-5-2-6-17(9-3-1-4-9)11-8-13-7-10-14-15-16-18(10)11/h7-9H,1-6,12H2. The highest BCUT2D eigenvalue weighted by atomic mass is 15.5. The van der Waals surface area contributed by atoms with Crippen molar-refractivity contribution < 1.29 is 0 Å². The first-order chi connectivity index (χ1) is 8.90. The summed E-state index contributed by atoms with van der Waals surface area (Å²) in [7, 11) is 0. The van der Waals surface area contributed by atoms with Gasteiger partial charge in [-0.3, -0.25) is 4.98 Å². The van der Waals surface area contributed by atoms with Crippen LogP contribution in [-0.2, 0) is 0 Å². The maximum Gasteiger partial charge on any atom is 0.199 e. The molecule has 0 aromatic carbocycles. The van der Waals surface area contributed by atoms with Gasteiger partial charge in [0.05, 0.1) is 12.4 Å². The predicted molar refractivity (Wildman–Crippen MR) is 67.2 cm³/mol. The highest BCUT2D eigenvalue weighted by Gasteiger charge is 2.26. The maximum absolute atomic E-state index is 5.62. The molecule has 1 fully saturated rings. The molecule has 96 valence electrons. The van der Waals surface area contributed by atoms with Crippen LogP contribution in [0.3, 0.4) is 0 Å². The first-order valence-electron chi connectivity index (χ1n) is 6.39. The zero-order chi connectivity index (χ0) is 12.4. The summed E-state index contributed by atoms with van der Waals surface area (Å²) in [6, 6.07) is 0.577. The molecular weight excluding hydrogens is 230 g/mol. The molecule has 0 radical (unpaired) electrons. The SMILES string of the molecule is NCCCN(c1cncc2nnnn12)C1CCC1. The smallest absolute Gasteiger partial charge is 0.199 e. The molecule has 3 rings (SSSR count). The lowest BCUT2D eigenvalue weighted by molar-refractivity contribution is 0.380. The largest absolute Gasteiger partial charge is 0.352 e. The number of rotatable bonds is 5. The molecule has 18 heavy (non-hydrogen) atoms. The Labute approximate surface area is 105 Å². The van der Waals surface area contributed by atoms with Gasteiger partial charge >= 0.3 is 0 Å². The highest BCUT2D eigenvalue weighted by Crippen LogP contribution is 2.29. The van der Waals surface area contributed by atoms with Crippen molar-refractivity contribution in [1.82, 2.24) is 25.0 Å². The zero-order valence-electron chi connectivity index (χ0n) is 10.2. The molecule has 0 aliphatic heterocycles. The Bertz CT molecular complexity index is 519. The molecule has 1 aliphatic rings. The summed E-state index contributed by atoms with van der Waals surface area (Å²) < 4.78 is 1.75. The van der Waals surface area contributed by atoms with Crippen LogP contribution in [-0.4, -0.2) is 44.2 Å². The second-order valence-corrected chi connectivity index (χ2v) is 4.63. The summed E-state index contributed by atoms with van der Waals surface area (Å²) >= 11 is 0. The van der Waals surface area contributed by atoms with Crippen molar-refractivity contribution in [3.63, 3.8) is 0 Å². The van der Waals surface area contributed by atoms with Gasteiger partial charge in [0.2, 0.25) is 0 Å². The fraction of sp³-hybridized carbons (Fsp3) is 0.636. The summed E-state index contributed by atoms with van der Waals surface area (Å²) in [5.74, 6) is 0.968. The van der Waals surface area contributed by atoms with E-state index in [1.807, 2.05) is 6.20 Å². The molecule has 0 unspecified atom stereocenters. The van der Waals surface area contributed by atoms with Crippen molar-refractivity contribution in [2.24, 2.45) is 5.73 Å². The van der Waals surface area contributed by atoms with Gasteiger partial charge in [-0.1, -0.05) is 0 Å². The van der Waals surface area contributed by atoms with Crippen LogP contribution in [0.25, 0.3) is 5.65 Å². The minimum Gasteiger partial charge on any atom is -0.352 e. The molecule has 0 spiro atoms. The van der Waals surface area contributed by atoms with Gasteiger partial charge in [0.1, 0.15) is 0 Å². The molecule has 0 atom stereocenters. The predicted octanol–water partition coefficient (Wildman–Crippen LogP) is 0.227. The van der Waals surface area contributed by atoms with E-state index in [0.29, 0.717) is 18.2 Å². The monoisotopic (exact) mass is 247 g/mol.